The van der Waals surface area contributed by atoms with Crippen LogP contribution in [0.25, 0.3) is 0 Å². The van der Waals surface area contributed by atoms with Gasteiger partial charge in [-0.25, -0.2) is 0 Å². The van der Waals surface area contributed by atoms with Gasteiger partial charge in [-0.3, -0.25) is 9.80 Å². The average molecular weight is 337 g/mol. The molecule has 1 aromatic carbocycles. The number of benzene rings is 1. The topological polar surface area (TPSA) is 21.8 Å². The van der Waals surface area contributed by atoms with E-state index in [0.717, 1.165) is 44.3 Å². The van der Waals surface area contributed by atoms with Crippen LogP contribution in [0.2, 0.25) is 5.02 Å². The molecule has 128 valence electrons. The minimum atomic E-state index is 0.425. The molecule has 2 heterocycles. The van der Waals surface area contributed by atoms with Crippen LogP contribution in [0.3, 0.4) is 0 Å². The highest BCUT2D eigenvalue weighted by Gasteiger charge is 2.29. The van der Waals surface area contributed by atoms with Crippen LogP contribution in [0.15, 0.2) is 24.3 Å². The van der Waals surface area contributed by atoms with Crippen LogP contribution in [0.4, 0.5) is 0 Å². The second-order valence-electron chi connectivity index (χ2n) is 6.97. The Hall–Kier alpha value is -0.650. The quantitative estimate of drug-likeness (QED) is 0.906. The summed E-state index contributed by atoms with van der Waals surface area (Å²) in [7, 11) is 2.21. The van der Waals surface area contributed by atoms with Gasteiger partial charge in [-0.1, -0.05) is 23.7 Å². The van der Waals surface area contributed by atoms with Crippen molar-refractivity contribution in [1.29, 1.82) is 0 Å². The molecule has 0 spiro atoms. The van der Waals surface area contributed by atoms with Gasteiger partial charge in [0, 0.05) is 69.5 Å². The van der Waals surface area contributed by atoms with E-state index in [1.54, 1.807) is 0 Å². The fourth-order valence-corrected chi connectivity index (χ4v) is 3.91. The Morgan fingerprint density at radius 3 is 2.70 bits per heavy atom. The third-order valence-electron chi connectivity index (χ3n) is 5.21. The van der Waals surface area contributed by atoms with Crippen LogP contribution in [-0.4, -0.2) is 80.1 Å². The smallest absolute Gasteiger partial charge is 0.0479 e. The van der Waals surface area contributed by atoms with E-state index in [9.17, 15) is 0 Å². The Kier molecular flexibility index (Phi) is 5.94. The predicted molar refractivity (Wildman–Crippen MR) is 97.2 cm³/mol. The van der Waals surface area contributed by atoms with E-state index < -0.39 is 0 Å². The summed E-state index contributed by atoms with van der Waals surface area (Å²) in [6.07, 6.45) is 0. The van der Waals surface area contributed by atoms with Crippen LogP contribution in [0.1, 0.15) is 18.5 Å². The number of halogens is 1. The highest BCUT2D eigenvalue weighted by Crippen LogP contribution is 2.27. The molecule has 0 bridgehead atoms. The Bertz CT molecular complexity index is 502. The van der Waals surface area contributed by atoms with Crippen LogP contribution < -0.4 is 5.32 Å². The van der Waals surface area contributed by atoms with E-state index in [1.165, 1.54) is 18.7 Å². The van der Waals surface area contributed by atoms with Gasteiger partial charge in [0.25, 0.3) is 0 Å². The monoisotopic (exact) mass is 336 g/mol. The highest BCUT2D eigenvalue weighted by atomic mass is 35.5. The number of piperazine rings is 2. The number of nitrogens with one attached hydrogen (secondary N) is 1. The number of likely N-dealkylation sites (N-methyl/N-ethyl adjacent to an activating group) is 1. The van der Waals surface area contributed by atoms with E-state index in [0.29, 0.717) is 12.1 Å². The molecule has 0 radical (unpaired) electrons. The van der Waals surface area contributed by atoms with Crippen molar-refractivity contribution in [1.82, 2.24) is 20.0 Å². The van der Waals surface area contributed by atoms with E-state index in [4.69, 9.17) is 11.6 Å². The van der Waals surface area contributed by atoms with Crippen molar-refractivity contribution < 1.29 is 0 Å². The molecule has 1 aromatic rings. The molecule has 1 N–H and O–H groups in total. The largest absolute Gasteiger partial charge is 0.314 e. The zero-order valence-electron chi connectivity index (χ0n) is 14.3. The van der Waals surface area contributed by atoms with Crippen LogP contribution in [-0.2, 0) is 0 Å². The van der Waals surface area contributed by atoms with Crippen LogP contribution in [0, 0.1) is 0 Å². The molecular weight excluding hydrogens is 308 g/mol. The van der Waals surface area contributed by atoms with Crippen molar-refractivity contribution in [2.45, 2.75) is 19.0 Å². The molecule has 0 saturated carbocycles. The molecule has 0 aliphatic carbocycles. The highest BCUT2D eigenvalue weighted by molar-refractivity contribution is 6.30. The molecule has 5 heteroatoms. The second-order valence-corrected chi connectivity index (χ2v) is 7.40. The Labute approximate surface area is 145 Å². The van der Waals surface area contributed by atoms with Crippen LogP contribution >= 0.6 is 11.6 Å². The Morgan fingerprint density at radius 1 is 1.22 bits per heavy atom. The maximum Gasteiger partial charge on any atom is 0.0479 e. The van der Waals surface area contributed by atoms with Gasteiger partial charge < -0.3 is 10.2 Å². The first-order valence-electron chi connectivity index (χ1n) is 8.76. The minimum Gasteiger partial charge on any atom is -0.314 e. The van der Waals surface area contributed by atoms with Crippen molar-refractivity contribution in [2.75, 3.05) is 59.4 Å². The van der Waals surface area contributed by atoms with Crippen molar-refractivity contribution in [3.63, 3.8) is 0 Å². The van der Waals surface area contributed by atoms with Gasteiger partial charge >= 0.3 is 0 Å². The summed E-state index contributed by atoms with van der Waals surface area (Å²) in [5.41, 5.74) is 1.35. The molecule has 23 heavy (non-hydrogen) atoms. The van der Waals surface area contributed by atoms with Gasteiger partial charge in [0.2, 0.25) is 0 Å². The summed E-state index contributed by atoms with van der Waals surface area (Å²) in [5.74, 6) is 0. The predicted octanol–water partition coefficient (Wildman–Crippen LogP) is 1.92. The van der Waals surface area contributed by atoms with E-state index in [-0.39, 0.29) is 0 Å². The minimum absolute atomic E-state index is 0.425. The van der Waals surface area contributed by atoms with Gasteiger partial charge in [-0.2, -0.15) is 0 Å². The first-order valence-corrected chi connectivity index (χ1v) is 9.14. The summed E-state index contributed by atoms with van der Waals surface area (Å²) in [6, 6.07) is 9.42. The molecule has 3 rings (SSSR count). The molecule has 2 unspecified atom stereocenters. The molecular formula is C18H29ClN4. The molecule has 2 aliphatic rings. The lowest BCUT2D eigenvalue weighted by molar-refractivity contribution is 0.0662. The number of nitrogens with zero attached hydrogens (tertiary/aromatic N) is 3. The molecule has 0 aromatic heterocycles. The summed E-state index contributed by atoms with van der Waals surface area (Å²) >= 11 is 6.27. The fourth-order valence-electron chi connectivity index (χ4n) is 3.71. The molecule has 2 fully saturated rings. The standard InChI is InChI=1S/C18H29ClN4/c1-15-13-20-6-7-23(15)18(16-4-3-5-17(19)12-16)14-22-10-8-21(2)9-11-22/h3-5,12,15,18,20H,6-11,13-14H2,1-2H3. The second kappa shape index (κ2) is 7.95. The third kappa shape index (κ3) is 4.46. The molecule has 2 aliphatic heterocycles. The van der Waals surface area contributed by atoms with Gasteiger partial charge in [-0.05, 0) is 31.7 Å². The van der Waals surface area contributed by atoms with Crippen molar-refractivity contribution in [3.8, 4) is 0 Å². The van der Waals surface area contributed by atoms with Crippen LogP contribution in [0.5, 0.6) is 0 Å². The van der Waals surface area contributed by atoms with Crippen molar-refractivity contribution >= 4 is 11.6 Å². The van der Waals surface area contributed by atoms with Gasteiger partial charge in [0.05, 0.1) is 0 Å². The molecule has 2 atom stereocenters. The number of hydrogen-bond acceptors (Lipinski definition) is 4. The van der Waals surface area contributed by atoms with E-state index >= 15 is 0 Å². The SMILES string of the molecule is CC1CNCCN1C(CN1CCN(C)CC1)c1cccc(Cl)c1. The lowest BCUT2D eigenvalue weighted by Gasteiger charge is -2.43. The lowest BCUT2D eigenvalue weighted by Crippen LogP contribution is -2.54. The molecule has 2 saturated heterocycles. The van der Waals surface area contributed by atoms with E-state index in [1.807, 2.05) is 6.07 Å². The summed E-state index contributed by atoms with van der Waals surface area (Å²) < 4.78 is 0. The van der Waals surface area contributed by atoms with Gasteiger partial charge in [0.15, 0.2) is 0 Å². The lowest BCUT2D eigenvalue weighted by atomic mass is 10.0. The first-order chi connectivity index (χ1) is 11.1. The molecule has 0 amide bonds. The summed E-state index contributed by atoms with van der Waals surface area (Å²) in [5, 5.41) is 4.34. The van der Waals surface area contributed by atoms with Crippen molar-refractivity contribution in [3.05, 3.63) is 34.9 Å². The molecule has 4 nitrogen and oxygen atoms in total. The third-order valence-corrected chi connectivity index (χ3v) is 5.45. The zero-order chi connectivity index (χ0) is 16.2. The maximum atomic E-state index is 6.27. The summed E-state index contributed by atoms with van der Waals surface area (Å²) in [6.45, 7) is 11.3. The Morgan fingerprint density at radius 2 is 2.00 bits per heavy atom. The van der Waals surface area contributed by atoms with Gasteiger partial charge in [0.1, 0.15) is 0 Å². The summed E-state index contributed by atoms with van der Waals surface area (Å²) in [4.78, 5) is 7.68. The van der Waals surface area contributed by atoms with Crippen molar-refractivity contribution in [2.24, 2.45) is 0 Å². The fraction of sp³-hybridized carbons (Fsp3) is 0.667. The van der Waals surface area contributed by atoms with E-state index in [2.05, 4.69) is 52.2 Å². The number of hydrogen-bond donors (Lipinski definition) is 1. The maximum absolute atomic E-state index is 6.27. The average Bonchev–Trinajstić information content (AvgIpc) is 2.55. The normalized spacial score (nSPS) is 26.3. The number of rotatable bonds is 4. The zero-order valence-corrected chi connectivity index (χ0v) is 15.1. The van der Waals surface area contributed by atoms with Gasteiger partial charge in [-0.15, -0.1) is 0 Å². The first kappa shape index (κ1) is 17.2. The Balaban J connectivity index is 1.78.